The SMILES string of the molecule is CCCCC/C=C\C/C=C\CCCCCCCCCC(=O)OC(COCCCCCCCCCC/C=C\CCCCCCCC)COP(=O)(O)OCCN. The van der Waals surface area contributed by atoms with Gasteiger partial charge in [0.1, 0.15) is 6.10 Å². The molecule has 8 nitrogen and oxygen atoms in total. The largest absolute Gasteiger partial charge is 0.472 e. The smallest absolute Gasteiger partial charge is 0.457 e. The Morgan fingerprint density at radius 1 is 0.556 bits per heavy atom. The minimum Gasteiger partial charge on any atom is -0.457 e. The van der Waals surface area contributed by atoms with Crippen molar-refractivity contribution in [1.82, 2.24) is 0 Å². The first kappa shape index (κ1) is 52.7. The van der Waals surface area contributed by atoms with E-state index in [1.165, 1.54) is 141 Å². The topological polar surface area (TPSA) is 117 Å². The second-order valence-electron chi connectivity index (χ2n) is 14.9. The van der Waals surface area contributed by atoms with E-state index in [9.17, 15) is 14.3 Å². The fourth-order valence-electron chi connectivity index (χ4n) is 6.20. The summed E-state index contributed by atoms with van der Waals surface area (Å²) in [6.07, 6.45) is 48.7. The van der Waals surface area contributed by atoms with Crippen LogP contribution in [0.3, 0.4) is 0 Å². The number of carbonyl (C=O) groups excluding carboxylic acids is 1. The molecule has 0 radical (unpaired) electrons. The van der Waals surface area contributed by atoms with E-state index in [1.807, 2.05) is 0 Å². The van der Waals surface area contributed by atoms with Crippen LogP contribution < -0.4 is 5.73 Å². The number of carbonyl (C=O) groups is 1. The van der Waals surface area contributed by atoms with E-state index in [2.05, 4.69) is 50.3 Å². The second kappa shape index (κ2) is 42.9. The van der Waals surface area contributed by atoms with Crippen LogP contribution in [-0.4, -0.2) is 49.9 Å². The molecule has 0 aliphatic heterocycles. The summed E-state index contributed by atoms with van der Waals surface area (Å²) >= 11 is 0. The Balaban J connectivity index is 4.02. The Morgan fingerprint density at radius 3 is 1.50 bits per heavy atom. The van der Waals surface area contributed by atoms with Crippen LogP contribution >= 0.6 is 7.82 Å². The van der Waals surface area contributed by atoms with Gasteiger partial charge in [-0.05, 0) is 70.6 Å². The number of allylic oxidation sites excluding steroid dienone is 6. The zero-order valence-corrected chi connectivity index (χ0v) is 36.1. The molecule has 2 atom stereocenters. The second-order valence-corrected chi connectivity index (χ2v) is 16.4. The van der Waals surface area contributed by atoms with Gasteiger partial charge in [0.05, 0.1) is 19.8 Å². The van der Waals surface area contributed by atoms with E-state index in [4.69, 9.17) is 24.3 Å². The van der Waals surface area contributed by atoms with E-state index in [0.29, 0.717) is 13.0 Å². The van der Waals surface area contributed by atoms with Crippen molar-refractivity contribution >= 4 is 13.8 Å². The van der Waals surface area contributed by atoms with Crippen LogP contribution in [-0.2, 0) is 27.9 Å². The lowest BCUT2D eigenvalue weighted by Crippen LogP contribution is -2.28. The summed E-state index contributed by atoms with van der Waals surface area (Å²) in [5, 5.41) is 0. The molecule has 0 spiro atoms. The lowest BCUT2D eigenvalue weighted by atomic mass is 10.1. The molecule has 0 bridgehead atoms. The maximum Gasteiger partial charge on any atom is 0.472 e. The number of hydrogen-bond donors (Lipinski definition) is 2. The molecule has 0 rings (SSSR count). The molecule has 0 saturated carbocycles. The van der Waals surface area contributed by atoms with Crippen LogP contribution in [0.1, 0.15) is 206 Å². The molecule has 0 aromatic rings. The third-order valence-corrected chi connectivity index (χ3v) is 10.5. The Hall–Kier alpha value is -1.28. The average Bonchev–Trinajstić information content (AvgIpc) is 3.16. The number of unbranched alkanes of at least 4 members (excludes halogenated alkanes) is 24. The van der Waals surface area contributed by atoms with Crippen molar-refractivity contribution < 1.29 is 32.8 Å². The van der Waals surface area contributed by atoms with E-state index in [-0.39, 0.29) is 32.3 Å². The van der Waals surface area contributed by atoms with Gasteiger partial charge in [0.15, 0.2) is 0 Å². The number of esters is 1. The molecular formula is C45H86NO7P. The van der Waals surface area contributed by atoms with Crippen molar-refractivity contribution in [2.24, 2.45) is 5.73 Å². The maximum absolute atomic E-state index is 12.6. The highest BCUT2D eigenvalue weighted by atomic mass is 31.2. The molecule has 0 heterocycles. The van der Waals surface area contributed by atoms with Gasteiger partial charge in [0.25, 0.3) is 0 Å². The van der Waals surface area contributed by atoms with E-state index < -0.39 is 13.9 Å². The summed E-state index contributed by atoms with van der Waals surface area (Å²) in [4.78, 5) is 22.5. The van der Waals surface area contributed by atoms with Crippen molar-refractivity contribution in [3.8, 4) is 0 Å². The van der Waals surface area contributed by atoms with Gasteiger partial charge in [-0.25, -0.2) is 4.57 Å². The predicted octanol–water partition coefficient (Wildman–Crippen LogP) is 13.4. The number of phosphoric acid groups is 1. The molecule has 2 unspecified atom stereocenters. The van der Waals surface area contributed by atoms with Gasteiger partial charge >= 0.3 is 13.8 Å². The first-order valence-electron chi connectivity index (χ1n) is 22.5. The molecule has 0 aliphatic rings. The fraction of sp³-hybridized carbons (Fsp3) is 0.844. The van der Waals surface area contributed by atoms with Gasteiger partial charge in [-0.3, -0.25) is 13.8 Å². The number of phosphoric ester groups is 1. The standard InChI is InChI=1S/C45H86NO7P/c1-3-5-7-9-11-13-15-17-19-21-23-25-27-29-31-33-35-37-40-50-42-44(43-52-54(48,49)51-41-39-46)53-45(47)38-36-34-32-30-28-26-24-22-20-18-16-14-12-10-8-6-4-2/h12,14,17-20,44H,3-11,13,15-16,21-43,46H2,1-2H3,(H,48,49)/b14-12-,19-17-,20-18-. The Labute approximate surface area is 333 Å². The van der Waals surface area contributed by atoms with Crippen LogP contribution in [0.25, 0.3) is 0 Å². The number of hydrogen-bond acceptors (Lipinski definition) is 7. The minimum atomic E-state index is -4.28. The average molecular weight is 784 g/mol. The first-order chi connectivity index (χ1) is 26.4. The van der Waals surface area contributed by atoms with Crippen molar-refractivity contribution in [2.75, 3.05) is 33.0 Å². The molecule has 318 valence electrons. The van der Waals surface area contributed by atoms with Gasteiger partial charge < -0.3 is 20.1 Å². The van der Waals surface area contributed by atoms with Crippen LogP contribution in [0.15, 0.2) is 36.5 Å². The van der Waals surface area contributed by atoms with E-state index in [1.54, 1.807) is 0 Å². The normalized spacial score (nSPS) is 13.8. The molecule has 54 heavy (non-hydrogen) atoms. The third kappa shape index (κ3) is 41.9. The van der Waals surface area contributed by atoms with Gasteiger partial charge in [-0.1, -0.05) is 166 Å². The number of rotatable bonds is 43. The number of nitrogens with two attached hydrogens (primary N) is 1. The van der Waals surface area contributed by atoms with Gasteiger partial charge in [-0.15, -0.1) is 0 Å². The van der Waals surface area contributed by atoms with E-state index >= 15 is 0 Å². The molecule has 9 heteroatoms. The molecule has 0 amide bonds. The van der Waals surface area contributed by atoms with Crippen molar-refractivity contribution in [3.05, 3.63) is 36.5 Å². The van der Waals surface area contributed by atoms with Gasteiger partial charge in [0, 0.05) is 19.6 Å². The fourth-order valence-corrected chi connectivity index (χ4v) is 6.96. The van der Waals surface area contributed by atoms with Crippen molar-refractivity contribution in [2.45, 2.75) is 213 Å². The van der Waals surface area contributed by atoms with E-state index in [0.717, 1.165) is 44.9 Å². The molecule has 0 aromatic carbocycles. The van der Waals surface area contributed by atoms with Gasteiger partial charge in [-0.2, -0.15) is 0 Å². The van der Waals surface area contributed by atoms with Crippen LogP contribution in [0, 0.1) is 0 Å². The molecule has 0 aromatic heterocycles. The summed E-state index contributed by atoms with van der Waals surface area (Å²) in [6.45, 7) is 4.89. The zero-order valence-electron chi connectivity index (χ0n) is 35.2. The molecule has 0 saturated heterocycles. The van der Waals surface area contributed by atoms with Crippen LogP contribution in [0.2, 0.25) is 0 Å². The molecule has 0 aliphatic carbocycles. The summed E-state index contributed by atoms with van der Waals surface area (Å²) < 4.78 is 33.5. The lowest BCUT2D eigenvalue weighted by molar-refractivity contribution is -0.154. The quantitative estimate of drug-likeness (QED) is 0.0272. The first-order valence-corrected chi connectivity index (χ1v) is 24.0. The molecule has 0 fully saturated rings. The summed E-state index contributed by atoms with van der Waals surface area (Å²) in [5.74, 6) is -0.338. The highest BCUT2D eigenvalue weighted by Gasteiger charge is 2.25. The van der Waals surface area contributed by atoms with Crippen molar-refractivity contribution in [3.63, 3.8) is 0 Å². The number of ether oxygens (including phenoxy) is 2. The highest BCUT2D eigenvalue weighted by molar-refractivity contribution is 7.47. The molecule has 3 N–H and O–H groups in total. The predicted molar refractivity (Wildman–Crippen MR) is 229 cm³/mol. The zero-order chi connectivity index (χ0) is 39.5. The lowest BCUT2D eigenvalue weighted by Gasteiger charge is -2.20. The maximum atomic E-state index is 12.6. The summed E-state index contributed by atoms with van der Waals surface area (Å²) in [7, 11) is -4.28. The van der Waals surface area contributed by atoms with Crippen LogP contribution in [0.4, 0.5) is 0 Å². The third-order valence-electron chi connectivity index (χ3n) is 9.53. The minimum absolute atomic E-state index is 0.0976. The monoisotopic (exact) mass is 784 g/mol. The Morgan fingerprint density at radius 2 is 0.981 bits per heavy atom. The highest BCUT2D eigenvalue weighted by Crippen LogP contribution is 2.43. The molecular weight excluding hydrogens is 697 g/mol. The summed E-state index contributed by atoms with van der Waals surface area (Å²) in [6, 6.07) is 0. The van der Waals surface area contributed by atoms with Crippen molar-refractivity contribution in [1.29, 1.82) is 0 Å². The Kier molecular flexibility index (Phi) is 41.8. The Bertz CT molecular complexity index is 926. The summed E-state index contributed by atoms with van der Waals surface area (Å²) in [5.41, 5.74) is 5.37. The van der Waals surface area contributed by atoms with Crippen LogP contribution in [0.5, 0.6) is 0 Å². The van der Waals surface area contributed by atoms with Gasteiger partial charge in [0.2, 0.25) is 0 Å².